The van der Waals surface area contributed by atoms with E-state index in [4.69, 9.17) is 22.1 Å². The lowest BCUT2D eigenvalue weighted by molar-refractivity contribution is -0.150. The van der Waals surface area contributed by atoms with Crippen molar-refractivity contribution in [2.24, 2.45) is 5.92 Å². The third-order valence-electron chi connectivity index (χ3n) is 5.92. The Morgan fingerprint density at radius 3 is 2.52 bits per heavy atom. The summed E-state index contributed by atoms with van der Waals surface area (Å²) in [6.45, 7) is 2.13. The molecule has 0 radical (unpaired) electrons. The highest BCUT2D eigenvalue weighted by atomic mass is 35.5. The van der Waals surface area contributed by atoms with Gasteiger partial charge in [0, 0.05) is 28.3 Å². The maximum Gasteiger partial charge on any atom is 0.311 e. The molecule has 2 atom stereocenters. The second-order valence-corrected chi connectivity index (χ2v) is 8.58. The molecule has 172 valence electrons. The summed E-state index contributed by atoms with van der Waals surface area (Å²) in [6, 6.07) is 16.0. The van der Waals surface area contributed by atoms with E-state index in [9.17, 15) is 9.59 Å². The van der Waals surface area contributed by atoms with Gasteiger partial charge in [-0.15, -0.1) is 0 Å². The van der Waals surface area contributed by atoms with Crippen LogP contribution in [0.1, 0.15) is 43.0 Å². The zero-order valence-corrected chi connectivity index (χ0v) is 19.2. The standard InChI is InChI=1S/C25H27ClN4O3/c1-2-33-25(32)20-5-3-4-6-21(20)28-24(31)17-9-13-19(14-10-17)30-23(27)15-22(29-30)16-7-11-18(26)12-8-16/h7-15,20-21H,2-6,27H2,1H3,(H,28,31)/t20-,21+/m1/s1. The molecule has 7 nitrogen and oxygen atoms in total. The minimum atomic E-state index is -0.294. The monoisotopic (exact) mass is 466 g/mol. The largest absolute Gasteiger partial charge is 0.466 e. The minimum Gasteiger partial charge on any atom is -0.466 e. The third kappa shape index (κ3) is 5.20. The Morgan fingerprint density at radius 2 is 1.82 bits per heavy atom. The highest BCUT2D eigenvalue weighted by Crippen LogP contribution is 2.27. The lowest BCUT2D eigenvalue weighted by Crippen LogP contribution is -2.45. The molecule has 1 fully saturated rings. The molecule has 0 bridgehead atoms. The molecule has 1 amide bonds. The second-order valence-electron chi connectivity index (χ2n) is 8.14. The number of esters is 1. The van der Waals surface area contributed by atoms with Gasteiger partial charge in [0.15, 0.2) is 0 Å². The third-order valence-corrected chi connectivity index (χ3v) is 6.17. The average Bonchev–Trinajstić information content (AvgIpc) is 3.21. The second kappa shape index (κ2) is 10.1. The number of anilines is 1. The molecule has 33 heavy (non-hydrogen) atoms. The lowest BCUT2D eigenvalue weighted by Gasteiger charge is -2.30. The summed E-state index contributed by atoms with van der Waals surface area (Å²) in [4.78, 5) is 25.1. The fourth-order valence-electron chi connectivity index (χ4n) is 4.20. The van der Waals surface area contributed by atoms with E-state index in [1.165, 1.54) is 0 Å². The number of hydrogen-bond acceptors (Lipinski definition) is 5. The molecular weight excluding hydrogens is 440 g/mol. The number of carbonyl (C=O) groups excluding carboxylic acids is 2. The number of ether oxygens (including phenoxy) is 1. The maximum absolute atomic E-state index is 12.8. The Balaban J connectivity index is 1.47. The highest BCUT2D eigenvalue weighted by molar-refractivity contribution is 6.30. The van der Waals surface area contributed by atoms with E-state index in [0.717, 1.165) is 42.6 Å². The Bertz CT molecular complexity index is 1130. The smallest absolute Gasteiger partial charge is 0.311 e. The van der Waals surface area contributed by atoms with Crippen LogP contribution in [-0.4, -0.2) is 34.3 Å². The summed E-state index contributed by atoms with van der Waals surface area (Å²) in [5.41, 5.74) is 9.07. The van der Waals surface area contributed by atoms with E-state index in [0.29, 0.717) is 23.0 Å². The number of halogens is 1. The minimum absolute atomic E-state index is 0.210. The number of amides is 1. The van der Waals surface area contributed by atoms with Gasteiger partial charge in [0.05, 0.1) is 23.9 Å². The van der Waals surface area contributed by atoms with Gasteiger partial charge in [0.1, 0.15) is 5.82 Å². The van der Waals surface area contributed by atoms with Crippen LogP contribution >= 0.6 is 11.6 Å². The number of carbonyl (C=O) groups is 2. The zero-order valence-electron chi connectivity index (χ0n) is 18.5. The first-order valence-corrected chi connectivity index (χ1v) is 11.5. The predicted molar refractivity (Wildman–Crippen MR) is 128 cm³/mol. The van der Waals surface area contributed by atoms with Gasteiger partial charge in [0.2, 0.25) is 0 Å². The van der Waals surface area contributed by atoms with E-state index >= 15 is 0 Å². The van der Waals surface area contributed by atoms with Gasteiger partial charge < -0.3 is 15.8 Å². The quantitative estimate of drug-likeness (QED) is 0.516. The van der Waals surface area contributed by atoms with Gasteiger partial charge >= 0.3 is 5.97 Å². The normalized spacial score (nSPS) is 18.0. The summed E-state index contributed by atoms with van der Waals surface area (Å²) >= 11 is 5.96. The summed E-state index contributed by atoms with van der Waals surface area (Å²) in [7, 11) is 0. The van der Waals surface area contributed by atoms with Crippen LogP contribution in [0.5, 0.6) is 0 Å². The predicted octanol–water partition coefficient (Wildman–Crippen LogP) is 4.63. The molecule has 1 aliphatic carbocycles. The number of nitrogens with two attached hydrogens (primary N) is 1. The van der Waals surface area contributed by atoms with E-state index in [1.54, 1.807) is 54.1 Å². The number of nitrogen functional groups attached to an aromatic ring is 1. The fourth-order valence-corrected chi connectivity index (χ4v) is 4.33. The molecule has 1 saturated carbocycles. The first kappa shape index (κ1) is 22.9. The van der Waals surface area contributed by atoms with Gasteiger partial charge in [0.25, 0.3) is 5.91 Å². The van der Waals surface area contributed by atoms with Crippen molar-refractivity contribution in [3.05, 3.63) is 65.2 Å². The Kier molecular flexibility index (Phi) is 6.99. The molecule has 0 spiro atoms. The maximum atomic E-state index is 12.8. The molecule has 0 saturated heterocycles. The number of rotatable bonds is 6. The molecule has 3 N–H and O–H groups in total. The van der Waals surface area contributed by atoms with Crippen molar-refractivity contribution in [2.45, 2.75) is 38.6 Å². The lowest BCUT2D eigenvalue weighted by atomic mass is 9.84. The van der Waals surface area contributed by atoms with Crippen LogP contribution < -0.4 is 11.1 Å². The van der Waals surface area contributed by atoms with Crippen LogP contribution in [0.3, 0.4) is 0 Å². The number of nitrogens with one attached hydrogen (secondary N) is 1. The van der Waals surface area contributed by atoms with Crippen molar-refractivity contribution in [3.63, 3.8) is 0 Å². The summed E-state index contributed by atoms with van der Waals surface area (Å²) in [5, 5.41) is 8.27. The first-order chi connectivity index (χ1) is 16.0. The van der Waals surface area contributed by atoms with Crippen molar-refractivity contribution < 1.29 is 14.3 Å². The molecule has 1 aromatic heterocycles. The molecule has 4 rings (SSSR count). The van der Waals surface area contributed by atoms with Gasteiger partial charge in [-0.3, -0.25) is 9.59 Å². The molecule has 1 heterocycles. The molecule has 3 aromatic rings. The molecule has 1 aliphatic rings. The molecule has 8 heteroatoms. The van der Waals surface area contributed by atoms with Crippen molar-refractivity contribution in [1.82, 2.24) is 15.1 Å². The van der Waals surface area contributed by atoms with Gasteiger partial charge in [-0.25, -0.2) is 4.68 Å². The van der Waals surface area contributed by atoms with Crippen LogP contribution in [0.25, 0.3) is 16.9 Å². The molecule has 2 aromatic carbocycles. The van der Waals surface area contributed by atoms with E-state index in [1.807, 2.05) is 12.1 Å². The number of hydrogen-bond donors (Lipinski definition) is 2. The SMILES string of the molecule is CCOC(=O)[C@@H]1CCCC[C@@H]1NC(=O)c1ccc(-n2nc(-c3ccc(Cl)cc3)cc2N)cc1. The van der Waals surface area contributed by atoms with E-state index < -0.39 is 0 Å². The number of benzene rings is 2. The molecule has 0 unspecified atom stereocenters. The van der Waals surface area contributed by atoms with Crippen LogP contribution in [0.15, 0.2) is 54.6 Å². The first-order valence-electron chi connectivity index (χ1n) is 11.2. The Morgan fingerprint density at radius 1 is 1.12 bits per heavy atom. The molecular formula is C25H27ClN4O3. The van der Waals surface area contributed by atoms with Crippen molar-refractivity contribution in [3.8, 4) is 16.9 Å². The Labute approximate surface area is 197 Å². The van der Waals surface area contributed by atoms with Crippen LogP contribution in [0.4, 0.5) is 5.82 Å². The van der Waals surface area contributed by atoms with Crippen molar-refractivity contribution in [1.29, 1.82) is 0 Å². The van der Waals surface area contributed by atoms with Crippen molar-refractivity contribution in [2.75, 3.05) is 12.3 Å². The van der Waals surface area contributed by atoms with Crippen LogP contribution in [-0.2, 0) is 9.53 Å². The zero-order chi connectivity index (χ0) is 23.4. The van der Waals surface area contributed by atoms with Crippen LogP contribution in [0.2, 0.25) is 5.02 Å². The van der Waals surface area contributed by atoms with E-state index in [2.05, 4.69) is 10.4 Å². The van der Waals surface area contributed by atoms with Gasteiger partial charge in [-0.2, -0.15) is 5.10 Å². The summed E-state index contributed by atoms with van der Waals surface area (Å²) in [6.07, 6.45) is 3.45. The summed E-state index contributed by atoms with van der Waals surface area (Å²) < 4.78 is 6.82. The fraction of sp³-hybridized carbons (Fsp3) is 0.320. The Hall–Kier alpha value is -3.32. The van der Waals surface area contributed by atoms with Gasteiger partial charge in [-0.05, 0) is 56.2 Å². The topological polar surface area (TPSA) is 99.2 Å². The number of aromatic nitrogens is 2. The van der Waals surface area contributed by atoms with Crippen LogP contribution in [0, 0.1) is 5.92 Å². The number of nitrogens with zero attached hydrogens (tertiary/aromatic N) is 2. The van der Waals surface area contributed by atoms with Gasteiger partial charge in [-0.1, -0.05) is 36.6 Å². The van der Waals surface area contributed by atoms with E-state index in [-0.39, 0.29) is 23.8 Å². The van der Waals surface area contributed by atoms with Crippen molar-refractivity contribution >= 4 is 29.3 Å². The highest BCUT2D eigenvalue weighted by Gasteiger charge is 2.33. The average molecular weight is 467 g/mol. The molecule has 0 aliphatic heterocycles. The summed E-state index contributed by atoms with van der Waals surface area (Å²) in [5.74, 6) is -0.254.